The maximum atomic E-state index is 10.9. The summed E-state index contributed by atoms with van der Waals surface area (Å²) in [4.78, 5) is 12.6. The smallest absolute Gasteiger partial charge is 0.320 e. The molecule has 0 spiro atoms. The Morgan fingerprint density at radius 3 is 2.07 bits per heavy atom. The predicted molar refractivity (Wildman–Crippen MR) is 59.9 cm³/mol. The van der Waals surface area contributed by atoms with Crippen LogP contribution in [-0.2, 0) is 4.79 Å². The van der Waals surface area contributed by atoms with Gasteiger partial charge in [0.2, 0.25) is 0 Å². The zero-order valence-corrected chi connectivity index (χ0v) is 10.2. The summed E-state index contributed by atoms with van der Waals surface area (Å²) >= 11 is 0. The Hall–Kier alpha value is -0.610. The van der Waals surface area contributed by atoms with Crippen molar-refractivity contribution in [3.63, 3.8) is 0 Å². The SMILES string of the molecule is CCC(C(=O)O)N(C)CC(O)(CC)CC. The van der Waals surface area contributed by atoms with Crippen molar-refractivity contribution < 1.29 is 15.0 Å². The van der Waals surface area contributed by atoms with Crippen LogP contribution >= 0.6 is 0 Å². The summed E-state index contributed by atoms with van der Waals surface area (Å²) in [6.07, 6.45) is 1.84. The van der Waals surface area contributed by atoms with Crippen LogP contribution in [0.15, 0.2) is 0 Å². The van der Waals surface area contributed by atoms with E-state index in [2.05, 4.69) is 0 Å². The molecule has 0 heterocycles. The number of hydrogen-bond donors (Lipinski definition) is 2. The summed E-state index contributed by atoms with van der Waals surface area (Å²) < 4.78 is 0. The van der Waals surface area contributed by atoms with Crippen molar-refractivity contribution in [2.45, 2.75) is 51.7 Å². The van der Waals surface area contributed by atoms with Crippen LogP contribution in [0, 0.1) is 0 Å². The van der Waals surface area contributed by atoms with Gasteiger partial charge in [-0.1, -0.05) is 20.8 Å². The summed E-state index contributed by atoms with van der Waals surface area (Å²) in [7, 11) is 1.75. The van der Waals surface area contributed by atoms with Crippen molar-refractivity contribution >= 4 is 5.97 Å². The first-order valence-electron chi connectivity index (χ1n) is 5.55. The van der Waals surface area contributed by atoms with Gasteiger partial charge in [0.25, 0.3) is 0 Å². The lowest BCUT2D eigenvalue weighted by Crippen LogP contribution is -2.47. The first-order valence-corrected chi connectivity index (χ1v) is 5.55. The fourth-order valence-electron chi connectivity index (χ4n) is 1.72. The molecule has 0 bridgehead atoms. The highest BCUT2D eigenvalue weighted by Crippen LogP contribution is 2.17. The molecule has 0 aromatic rings. The number of likely N-dealkylation sites (N-methyl/N-ethyl adjacent to an activating group) is 1. The van der Waals surface area contributed by atoms with E-state index in [0.717, 1.165) is 0 Å². The summed E-state index contributed by atoms with van der Waals surface area (Å²) in [6.45, 7) is 6.08. The number of aliphatic carboxylic acids is 1. The average Bonchev–Trinajstić information content (AvgIpc) is 2.18. The van der Waals surface area contributed by atoms with E-state index >= 15 is 0 Å². The number of carboxylic acids is 1. The predicted octanol–water partition coefficient (Wildman–Crippen LogP) is 1.33. The summed E-state index contributed by atoms with van der Waals surface area (Å²) in [6, 6.07) is -0.505. The molecule has 0 rings (SSSR count). The summed E-state index contributed by atoms with van der Waals surface area (Å²) in [5, 5.41) is 19.1. The first kappa shape index (κ1) is 14.4. The molecule has 0 saturated heterocycles. The van der Waals surface area contributed by atoms with Gasteiger partial charge in [-0.25, -0.2) is 0 Å². The molecular weight excluding hydrogens is 194 g/mol. The second-order valence-corrected chi connectivity index (χ2v) is 4.11. The maximum absolute atomic E-state index is 10.9. The molecule has 0 aliphatic rings. The van der Waals surface area contributed by atoms with Gasteiger partial charge in [0.1, 0.15) is 6.04 Å². The van der Waals surface area contributed by atoms with E-state index in [1.807, 2.05) is 20.8 Å². The van der Waals surface area contributed by atoms with Gasteiger partial charge in [-0.3, -0.25) is 9.69 Å². The third kappa shape index (κ3) is 4.18. The standard InChI is InChI=1S/C11H23NO3/c1-5-9(10(13)14)12(4)8-11(15,6-2)7-3/h9,15H,5-8H2,1-4H3,(H,13,14). The monoisotopic (exact) mass is 217 g/mol. The van der Waals surface area contributed by atoms with Crippen LogP contribution < -0.4 is 0 Å². The lowest BCUT2D eigenvalue weighted by Gasteiger charge is -2.33. The number of hydrogen-bond acceptors (Lipinski definition) is 3. The number of rotatable bonds is 7. The maximum Gasteiger partial charge on any atom is 0.320 e. The largest absolute Gasteiger partial charge is 0.480 e. The third-order valence-corrected chi connectivity index (χ3v) is 3.06. The van der Waals surface area contributed by atoms with Gasteiger partial charge in [-0.2, -0.15) is 0 Å². The van der Waals surface area contributed by atoms with Crippen LogP contribution in [0.1, 0.15) is 40.0 Å². The fourth-order valence-corrected chi connectivity index (χ4v) is 1.72. The van der Waals surface area contributed by atoms with E-state index < -0.39 is 17.6 Å². The van der Waals surface area contributed by atoms with E-state index in [-0.39, 0.29) is 0 Å². The minimum absolute atomic E-state index is 0.408. The molecule has 0 amide bonds. The Balaban J connectivity index is 4.44. The van der Waals surface area contributed by atoms with Crippen LogP contribution in [0.4, 0.5) is 0 Å². The zero-order chi connectivity index (χ0) is 12.1. The molecule has 0 aromatic heterocycles. The molecule has 1 unspecified atom stereocenters. The lowest BCUT2D eigenvalue weighted by atomic mass is 9.96. The van der Waals surface area contributed by atoms with Crippen molar-refractivity contribution in [1.82, 2.24) is 4.90 Å². The molecule has 0 aliphatic heterocycles. The molecule has 15 heavy (non-hydrogen) atoms. The number of nitrogens with zero attached hydrogens (tertiary/aromatic N) is 1. The topological polar surface area (TPSA) is 60.8 Å². The van der Waals surface area contributed by atoms with E-state index in [9.17, 15) is 9.90 Å². The van der Waals surface area contributed by atoms with Crippen molar-refractivity contribution in [3.05, 3.63) is 0 Å². The molecule has 0 aromatic carbocycles. The van der Waals surface area contributed by atoms with Crippen molar-refractivity contribution in [1.29, 1.82) is 0 Å². The van der Waals surface area contributed by atoms with Gasteiger partial charge in [-0.05, 0) is 26.3 Å². The third-order valence-electron chi connectivity index (χ3n) is 3.06. The van der Waals surface area contributed by atoms with Crippen LogP contribution in [0.5, 0.6) is 0 Å². The highest BCUT2D eigenvalue weighted by Gasteiger charge is 2.29. The quantitative estimate of drug-likeness (QED) is 0.675. The fraction of sp³-hybridized carbons (Fsp3) is 0.909. The molecule has 1 atom stereocenters. The van der Waals surface area contributed by atoms with E-state index in [0.29, 0.717) is 25.8 Å². The van der Waals surface area contributed by atoms with Crippen molar-refractivity contribution in [3.8, 4) is 0 Å². The Bertz CT molecular complexity index is 202. The van der Waals surface area contributed by atoms with Gasteiger partial charge >= 0.3 is 5.97 Å². The van der Waals surface area contributed by atoms with Crippen LogP contribution in [0.3, 0.4) is 0 Å². The minimum atomic E-state index is -0.824. The molecule has 4 nitrogen and oxygen atoms in total. The number of carboxylic acid groups (broad SMARTS) is 1. The Morgan fingerprint density at radius 1 is 1.33 bits per heavy atom. The minimum Gasteiger partial charge on any atom is -0.480 e. The average molecular weight is 217 g/mol. The second-order valence-electron chi connectivity index (χ2n) is 4.11. The van der Waals surface area contributed by atoms with Gasteiger partial charge < -0.3 is 10.2 Å². The van der Waals surface area contributed by atoms with E-state index in [4.69, 9.17) is 5.11 Å². The molecule has 0 aliphatic carbocycles. The summed E-state index contributed by atoms with van der Waals surface area (Å²) in [5.74, 6) is -0.824. The van der Waals surface area contributed by atoms with Gasteiger partial charge in [0.15, 0.2) is 0 Å². The Kier molecular flexibility index (Phi) is 5.83. The zero-order valence-electron chi connectivity index (χ0n) is 10.2. The van der Waals surface area contributed by atoms with E-state index in [1.165, 1.54) is 0 Å². The second kappa shape index (κ2) is 6.08. The number of carbonyl (C=O) groups is 1. The van der Waals surface area contributed by atoms with Crippen LogP contribution in [0.2, 0.25) is 0 Å². The molecule has 2 N–H and O–H groups in total. The molecule has 0 radical (unpaired) electrons. The van der Waals surface area contributed by atoms with Crippen LogP contribution in [-0.4, -0.2) is 46.3 Å². The highest BCUT2D eigenvalue weighted by molar-refractivity contribution is 5.73. The normalized spacial score (nSPS) is 14.3. The van der Waals surface area contributed by atoms with Crippen molar-refractivity contribution in [2.75, 3.05) is 13.6 Å². The molecule has 4 heteroatoms. The number of aliphatic hydroxyl groups is 1. The van der Waals surface area contributed by atoms with Crippen LogP contribution in [0.25, 0.3) is 0 Å². The molecule has 0 fully saturated rings. The Morgan fingerprint density at radius 2 is 1.80 bits per heavy atom. The molecular formula is C11H23NO3. The highest BCUT2D eigenvalue weighted by atomic mass is 16.4. The molecule has 0 saturated carbocycles. The van der Waals surface area contributed by atoms with E-state index in [1.54, 1.807) is 11.9 Å². The van der Waals surface area contributed by atoms with Gasteiger partial charge in [0.05, 0.1) is 5.60 Å². The molecule has 90 valence electrons. The van der Waals surface area contributed by atoms with Gasteiger partial charge in [-0.15, -0.1) is 0 Å². The first-order chi connectivity index (χ1) is 6.90. The van der Waals surface area contributed by atoms with Crippen molar-refractivity contribution in [2.24, 2.45) is 0 Å². The Labute approximate surface area is 91.9 Å². The summed E-state index contributed by atoms with van der Waals surface area (Å²) in [5.41, 5.74) is -0.766. The lowest BCUT2D eigenvalue weighted by molar-refractivity contribution is -0.144. The van der Waals surface area contributed by atoms with Gasteiger partial charge in [0, 0.05) is 6.54 Å².